The second kappa shape index (κ2) is 9.28. The Kier molecular flexibility index (Phi) is 6.33. The Bertz CT molecular complexity index is 1060. The van der Waals surface area contributed by atoms with Crippen molar-refractivity contribution in [2.75, 3.05) is 42.1 Å². The minimum atomic E-state index is -0.424. The molecule has 0 saturated carbocycles. The smallest absolute Gasteiger partial charge is 0.293 e. The van der Waals surface area contributed by atoms with Crippen LogP contribution in [0.2, 0.25) is 0 Å². The lowest BCUT2D eigenvalue weighted by Crippen LogP contribution is -2.11. The van der Waals surface area contributed by atoms with Gasteiger partial charge in [-0.1, -0.05) is 24.3 Å². The lowest BCUT2D eigenvalue weighted by molar-refractivity contribution is -0.384. The average Bonchev–Trinajstić information content (AvgIpc) is 2.74. The van der Waals surface area contributed by atoms with E-state index in [1.54, 1.807) is 38.2 Å². The van der Waals surface area contributed by atoms with Crippen molar-refractivity contribution >= 4 is 41.1 Å². The molecule has 0 spiro atoms. The molecule has 0 fully saturated rings. The second-order valence-electron chi connectivity index (χ2n) is 6.32. The van der Waals surface area contributed by atoms with Gasteiger partial charge in [0.05, 0.1) is 11.1 Å². The van der Waals surface area contributed by atoms with E-state index < -0.39 is 4.92 Å². The minimum absolute atomic E-state index is 0.00377. The first-order chi connectivity index (χ1) is 14.5. The van der Waals surface area contributed by atoms with E-state index in [1.165, 1.54) is 12.3 Å². The first-order valence-electron chi connectivity index (χ1n) is 8.97. The van der Waals surface area contributed by atoms with Crippen LogP contribution in [0.15, 0.2) is 53.6 Å². The van der Waals surface area contributed by atoms with Crippen LogP contribution in [0, 0.1) is 10.1 Å². The molecule has 3 rings (SSSR count). The number of para-hydroxylation sites is 1. The quantitative estimate of drug-likeness (QED) is 0.292. The van der Waals surface area contributed by atoms with Gasteiger partial charge in [-0.3, -0.25) is 10.1 Å². The Morgan fingerprint density at radius 2 is 1.73 bits per heavy atom. The summed E-state index contributed by atoms with van der Waals surface area (Å²) in [6.45, 7) is 0. The van der Waals surface area contributed by atoms with Gasteiger partial charge in [-0.2, -0.15) is 20.1 Å². The molecule has 0 amide bonds. The zero-order valence-corrected chi connectivity index (χ0v) is 16.7. The number of anilines is 5. The number of hydrogen-bond acceptors (Lipinski definition) is 10. The fourth-order valence-electron chi connectivity index (χ4n) is 2.55. The molecule has 2 aromatic carbocycles. The van der Waals surface area contributed by atoms with Crippen molar-refractivity contribution in [2.45, 2.75) is 0 Å². The largest absolute Gasteiger partial charge is 0.372 e. The van der Waals surface area contributed by atoms with E-state index in [4.69, 9.17) is 0 Å². The predicted molar refractivity (Wildman–Crippen MR) is 118 cm³/mol. The third kappa shape index (κ3) is 5.16. The maximum absolute atomic E-state index is 11.3. The molecule has 0 aliphatic heterocycles. The Labute approximate surface area is 173 Å². The summed E-state index contributed by atoms with van der Waals surface area (Å²) in [5.41, 5.74) is 4.62. The van der Waals surface area contributed by atoms with E-state index in [0.717, 1.165) is 5.69 Å². The van der Waals surface area contributed by atoms with Crippen molar-refractivity contribution in [1.29, 1.82) is 0 Å². The highest BCUT2D eigenvalue weighted by atomic mass is 16.6. The van der Waals surface area contributed by atoms with E-state index in [9.17, 15) is 10.1 Å². The van der Waals surface area contributed by atoms with Gasteiger partial charge in [0.1, 0.15) is 5.69 Å². The van der Waals surface area contributed by atoms with Gasteiger partial charge >= 0.3 is 0 Å². The van der Waals surface area contributed by atoms with Crippen LogP contribution in [-0.2, 0) is 0 Å². The van der Waals surface area contributed by atoms with Crippen LogP contribution < -0.4 is 21.0 Å². The summed E-state index contributed by atoms with van der Waals surface area (Å²) >= 11 is 0. The molecule has 11 nitrogen and oxygen atoms in total. The molecule has 3 N–H and O–H groups in total. The molecule has 0 radical (unpaired) electrons. The highest BCUT2D eigenvalue weighted by Gasteiger charge is 2.15. The van der Waals surface area contributed by atoms with E-state index in [0.29, 0.717) is 23.1 Å². The first kappa shape index (κ1) is 20.5. The maximum Gasteiger partial charge on any atom is 0.293 e. The van der Waals surface area contributed by atoms with Crippen molar-refractivity contribution in [3.05, 3.63) is 64.2 Å². The Balaban J connectivity index is 1.78. The summed E-state index contributed by atoms with van der Waals surface area (Å²) in [7, 11) is 5.19. The standard InChI is InChI=1S/C19H21N9O2/c1-20-17-23-18(22-14-7-5-4-6-8-14)25-19(24-17)26-21-12-13-9-10-15(27(2)3)16(11-13)28(29)30/h4-12H,1-3H3,(H3,20,22,23,24,25,26). The molecule has 0 bridgehead atoms. The van der Waals surface area contributed by atoms with Gasteiger partial charge in [-0.15, -0.1) is 0 Å². The highest BCUT2D eigenvalue weighted by molar-refractivity contribution is 5.83. The number of hydrazone groups is 1. The van der Waals surface area contributed by atoms with Crippen molar-refractivity contribution in [3.8, 4) is 0 Å². The third-order valence-electron chi connectivity index (χ3n) is 3.95. The monoisotopic (exact) mass is 407 g/mol. The summed E-state index contributed by atoms with van der Waals surface area (Å²) in [4.78, 5) is 25.3. The van der Waals surface area contributed by atoms with Gasteiger partial charge < -0.3 is 15.5 Å². The van der Waals surface area contributed by atoms with E-state index in [2.05, 4.69) is 36.1 Å². The zero-order valence-electron chi connectivity index (χ0n) is 16.7. The fraction of sp³-hybridized carbons (Fsp3) is 0.158. The number of benzene rings is 2. The van der Waals surface area contributed by atoms with Crippen LogP contribution in [0.25, 0.3) is 0 Å². The van der Waals surface area contributed by atoms with E-state index in [1.807, 2.05) is 30.3 Å². The van der Waals surface area contributed by atoms with Gasteiger partial charge in [0.15, 0.2) is 0 Å². The van der Waals surface area contributed by atoms with Crippen LogP contribution in [0.3, 0.4) is 0 Å². The van der Waals surface area contributed by atoms with Gasteiger partial charge in [0.25, 0.3) is 5.69 Å². The van der Waals surface area contributed by atoms with Crippen molar-refractivity contribution in [3.63, 3.8) is 0 Å². The van der Waals surface area contributed by atoms with Crippen molar-refractivity contribution in [2.24, 2.45) is 5.10 Å². The molecule has 1 aromatic heterocycles. The van der Waals surface area contributed by atoms with E-state index in [-0.39, 0.29) is 11.6 Å². The topological polar surface area (TPSA) is 134 Å². The van der Waals surface area contributed by atoms with Gasteiger partial charge in [-0.05, 0) is 18.2 Å². The molecule has 0 unspecified atom stereocenters. The molecule has 1 heterocycles. The third-order valence-corrected chi connectivity index (χ3v) is 3.95. The van der Waals surface area contributed by atoms with Crippen molar-refractivity contribution < 1.29 is 4.92 Å². The highest BCUT2D eigenvalue weighted by Crippen LogP contribution is 2.27. The molecule has 0 aliphatic carbocycles. The van der Waals surface area contributed by atoms with Crippen LogP contribution in [0.5, 0.6) is 0 Å². The molecule has 154 valence electrons. The molecule has 11 heteroatoms. The van der Waals surface area contributed by atoms with Crippen LogP contribution in [0.1, 0.15) is 5.56 Å². The predicted octanol–water partition coefficient (Wildman–Crippen LogP) is 3.08. The maximum atomic E-state index is 11.3. The summed E-state index contributed by atoms with van der Waals surface area (Å²) in [6, 6.07) is 14.3. The number of nitrogens with zero attached hydrogens (tertiary/aromatic N) is 6. The molecule has 3 aromatic rings. The SMILES string of the molecule is CNc1nc(NN=Cc2ccc(N(C)C)c([N+](=O)[O-])c2)nc(Nc2ccccc2)n1. The summed E-state index contributed by atoms with van der Waals surface area (Å²) < 4.78 is 0. The number of hydrogen-bond donors (Lipinski definition) is 3. The van der Waals surface area contributed by atoms with Gasteiger partial charge in [-0.25, -0.2) is 5.43 Å². The summed E-state index contributed by atoms with van der Waals surface area (Å²) in [5, 5.41) is 21.4. The van der Waals surface area contributed by atoms with Crippen LogP contribution in [-0.4, -0.2) is 47.2 Å². The van der Waals surface area contributed by atoms with Crippen LogP contribution >= 0.6 is 0 Å². The Hall–Kier alpha value is -4.28. The fourth-order valence-corrected chi connectivity index (χ4v) is 2.55. The summed E-state index contributed by atoms with van der Waals surface area (Å²) in [5.74, 6) is 0.903. The molecule has 0 atom stereocenters. The Morgan fingerprint density at radius 1 is 1.03 bits per heavy atom. The second-order valence-corrected chi connectivity index (χ2v) is 6.32. The number of nitro groups is 1. The number of rotatable bonds is 8. The number of nitrogens with one attached hydrogen (secondary N) is 3. The lowest BCUT2D eigenvalue weighted by Gasteiger charge is -2.12. The molecular weight excluding hydrogens is 386 g/mol. The zero-order chi connectivity index (χ0) is 21.5. The lowest BCUT2D eigenvalue weighted by atomic mass is 10.2. The van der Waals surface area contributed by atoms with Crippen LogP contribution in [0.4, 0.5) is 34.9 Å². The number of aromatic nitrogens is 3. The average molecular weight is 407 g/mol. The number of nitro benzene ring substituents is 1. The molecule has 30 heavy (non-hydrogen) atoms. The van der Waals surface area contributed by atoms with E-state index >= 15 is 0 Å². The summed E-state index contributed by atoms with van der Waals surface area (Å²) in [6.07, 6.45) is 1.46. The van der Waals surface area contributed by atoms with Gasteiger partial charge in [0, 0.05) is 38.5 Å². The normalized spacial score (nSPS) is 10.6. The molecule has 0 aliphatic rings. The molecular formula is C19H21N9O2. The first-order valence-corrected chi connectivity index (χ1v) is 8.97. The van der Waals surface area contributed by atoms with Gasteiger partial charge in [0.2, 0.25) is 17.8 Å². The minimum Gasteiger partial charge on any atom is -0.372 e. The molecule has 0 saturated heterocycles. The van der Waals surface area contributed by atoms with Crippen molar-refractivity contribution in [1.82, 2.24) is 15.0 Å². The Morgan fingerprint density at radius 3 is 2.40 bits per heavy atom.